The number of hydrogen-bond acceptors (Lipinski definition) is 4. The lowest BCUT2D eigenvalue weighted by Gasteiger charge is -2.09. The van der Waals surface area contributed by atoms with Crippen LogP contribution in [-0.2, 0) is 17.8 Å². The third kappa shape index (κ3) is 3.89. The van der Waals surface area contributed by atoms with Gasteiger partial charge in [-0.25, -0.2) is 4.98 Å². The van der Waals surface area contributed by atoms with Gasteiger partial charge in [-0.3, -0.25) is 14.2 Å². The molecule has 6 nitrogen and oxygen atoms in total. The fourth-order valence-electron chi connectivity index (χ4n) is 3.07. The highest BCUT2D eigenvalue weighted by Crippen LogP contribution is 2.20. The van der Waals surface area contributed by atoms with Gasteiger partial charge in [0.15, 0.2) is 0 Å². The van der Waals surface area contributed by atoms with Gasteiger partial charge in [0.1, 0.15) is 12.2 Å². The molecule has 0 unspecified atom stereocenters. The molecule has 4 rings (SSSR count). The first-order valence-corrected chi connectivity index (χ1v) is 9.93. The fourth-order valence-corrected chi connectivity index (χ4v) is 3.83. The average Bonchev–Trinajstić information content (AvgIpc) is 3.26. The summed E-state index contributed by atoms with van der Waals surface area (Å²) >= 11 is 1.11. The minimum atomic E-state index is -0.183. The van der Waals surface area contributed by atoms with Gasteiger partial charge < -0.3 is 9.72 Å². The molecular weight excluding hydrogens is 372 g/mol. The van der Waals surface area contributed by atoms with E-state index in [4.69, 9.17) is 0 Å². The molecule has 0 saturated heterocycles. The standard InChI is InChI=1S/C21H20N4O2S/c1-15-5-7-16(8-6-15)18-14-28-21(27)25(18)13-20(26)22-10-9-17-12-24-11-3-2-4-19(24)23-17/h2-8,11-12,14H,9-10,13H2,1H3,(H,22,26). The second-order valence-electron chi connectivity index (χ2n) is 6.64. The molecule has 0 aliphatic rings. The van der Waals surface area contributed by atoms with E-state index in [1.54, 1.807) is 5.38 Å². The van der Waals surface area contributed by atoms with Crippen molar-refractivity contribution in [1.29, 1.82) is 0 Å². The van der Waals surface area contributed by atoms with Crippen LogP contribution >= 0.6 is 11.3 Å². The molecular formula is C21H20N4O2S. The van der Waals surface area contributed by atoms with E-state index in [9.17, 15) is 9.59 Å². The molecule has 142 valence electrons. The van der Waals surface area contributed by atoms with Crippen molar-refractivity contribution in [2.24, 2.45) is 0 Å². The smallest absolute Gasteiger partial charge is 0.308 e. The van der Waals surface area contributed by atoms with Gasteiger partial charge in [0, 0.05) is 30.7 Å². The number of nitrogens with one attached hydrogen (secondary N) is 1. The summed E-state index contributed by atoms with van der Waals surface area (Å²) < 4.78 is 3.48. The van der Waals surface area contributed by atoms with Gasteiger partial charge in [-0.15, -0.1) is 0 Å². The lowest BCUT2D eigenvalue weighted by molar-refractivity contribution is -0.121. The summed E-state index contributed by atoms with van der Waals surface area (Å²) in [5, 5.41) is 4.69. The summed E-state index contributed by atoms with van der Waals surface area (Å²) in [6.45, 7) is 2.50. The van der Waals surface area contributed by atoms with Gasteiger partial charge in [0.05, 0.1) is 11.4 Å². The molecule has 0 bridgehead atoms. The van der Waals surface area contributed by atoms with E-state index in [0.29, 0.717) is 13.0 Å². The van der Waals surface area contributed by atoms with Crippen molar-refractivity contribution >= 4 is 22.9 Å². The van der Waals surface area contributed by atoms with Crippen molar-refractivity contribution in [2.45, 2.75) is 19.9 Å². The Bertz CT molecular complexity index is 1140. The van der Waals surface area contributed by atoms with Gasteiger partial charge in [-0.1, -0.05) is 47.2 Å². The van der Waals surface area contributed by atoms with Gasteiger partial charge in [0.2, 0.25) is 5.91 Å². The minimum absolute atomic E-state index is 0.0106. The fraction of sp³-hybridized carbons (Fsp3) is 0.190. The molecule has 4 aromatic rings. The minimum Gasteiger partial charge on any atom is -0.354 e. The molecule has 3 heterocycles. The van der Waals surface area contributed by atoms with E-state index in [1.165, 1.54) is 4.57 Å². The lowest BCUT2D eigenvalue weighted by Crippen LogP contribution is -2.32. The van der Waals surface area contributed by atoms with Crippen LogP contribution in [0.25, 0.3) is 16.9 Å². The average molecular weight is 392 g/mol. The number of aryl methyl sites for hydroxylation is 1. The topological polar surface area (TPSA) is 68.4 Å². The Kier molecular flexibility index (Phi) is 5.08. The normalized spacial score (nSPS) is 11.0. The first kappa shape index (κ1) is 18.2. The molecule has 1 N–H and O–H groups in total. The third-order valence-electron chi connectivity index (χ3n) is 4.55. The number of benzene rings is 1. The molecule has 0 aliphatic heterocycles. The SMILES string of the molecule is Cc1ccc(-c2csc(=O)n2CC(=O)NCCc2cn3ccccc3n2)cc1. The van der Waals surface area contributed by atoms with Crippen molar-refractivity contribution in [3.63, 3.8) is 0 Å². The largest absolute Gasteiger partial charge is 0.354 e. The van der Waals surface area contributed by atoms with E-state index >= 15 is 0 Å². The summed E-state index contributed by atoms with van der Waals surface area (Å²) in [6.07, 6.45) is 4.54. The molecule has 1 aromatic carbocycles. The predicted molar refractivity (Wildman–Crippen MR) is 111 cm³/mol. The van der Waals surface area contributed by atoms with Gasteiger partial charge in [-0.2, -0.15) is 0 Å². The number of carbonyl (C=O) groups is 1. The van der Waals surface area contributed by atoms with E-state index in [-0.39, 0.29) is 17.3 Å². The Morgan fingerprint density at radius 2 is 2.00 bits per heavy atom. The van der Waals surface area contributed by atoms with Crippen molar-refractivity contribution in [2.75, 3.05) is 6.54 Å². The molecule has 0 spiro atoms. The van der Waals surface area contributed by atoms with Crippen LogP contribution in [0.5, 0.6) is 0 Å². The Balaban J connectivity index is 1.39. The van der Waals surface area contributed by atoms with Crippen LogP contribution in [0.1, 0.15) is 11.3 Å². The quantitative estimate of drug-likeness (QED) is 0.549. The van der Waals surface area contributed by atoms with Crippen LogP contribution in [-0.4, -0.2) is 26.4 Å². The Morgan fingerprint density at radius 1 is 1.18 bits per heavy atom. The lowest BCUT2D eigenvalue weighted by atomic mass is 10.1. The highest BCUT2D eigenvalue weighted by atomic mass is 32.1. The molecule has 0 fully saturated rings. The highest BCUT2D eigenvalue weighted by molar-refractivity contribution is 7.07. The maximum Gasteiger partial charge on any atom is 0.308 e. The van der Waals surface area contributed by atoms with Crippen LogP contribution in [0.3, 0.4) is 0 Å². The van der Waals surface area contributed by atoms with E-state index in [0.717, 1.165) is 39.5 Å². The molecule has 1 amide bonds. The number of thiazole rings is 1. The number of imidazole rings is 1. The van der Waals surface area contributed by atoms with Crippen molar-refractivity contribution < 1.29 is 4.79 Å². The molecule has 7 heteroatoms. The third-order valence-corrected chi connectivity index (χ3v) is 5.31. The number of fused-ring (bicyclic) bond motifs is 1. The summed E-state index contributed by atoms with van der Waals surface area (Å²) in [4.78, 5) is 29.0. The molecule has 28 heavy (non-hydrogen) atoms. The van der Waals surface area contributed by atoms with Crippen LogP contribution in [0.2, 0.25) is 0 Å². The number of hydrogen-bond donors (Lipinski definition) is 1. The maximum absolute atomic E-state index is 12.4. The van der Waals surface area contributed by atoms with Gasteiger partial charge in [-0.05, 0) is 24.6 Å². The maximum atomic E-state index is 12.4. The Hall–Kier alpha value is -3.19. The molecule has 0 saturated carbocycles. The summed E-state index contributed by atoms with van der Waals surface area (Å²) in [7, 11) is 0. The zero-order valence-corrected chi connectivity index (χ0v) is 16.3. The van der Waals surface area contributed by atoms with Gasteiger partial charge >= 0.3 is 4.87 Å². The molecule has 0 atom stereocenters. The monoisotopic (exact) mass is 392 g/mol. The summed E-state index contributed by atoms with van der Waals surface area (Å²) in [6, 6.07) is 13.8. The number of rotatable bonds is 6. The van der Waals surface area contributed by atoms with Gasteiger partial charge in [0.25, 0.3) is 0 Å². The highest BCUT2D eigenvalue weighted by Gasteiger charge is 2.12. The van der Waals surface area contributed by atoms with Crippen LogP contribution in [0.4, 0.5) is 0 Å². The van der Waals surface area contributed by atoms with Crippen molar-refractivity contribution in [3.8, 4) is 11.3 Å². The molecule has 0 aliphatic carbocycles. The van der Waals surface area contributed by atoms with Crippen LogP contribution in [0, 0.1) is 6.92 Å². The second kappa shape index (κ2) is 7.82. The number of amides is 1. The number of pyridine rings is 1. The number of carbonyl (C=O) groups excluding carboxylic acids is 1. The first-order chi connectivity index (χ1) is 13.6. The second-order valence-corrected chi connectivity index (χ2v) is 7.46. The zero-order valence-electron chi connectivity index (χ0n) is 15.5. The zero-order chi connectivity index (χ0) is 19.5. The Morgan fingerprint density at radius 3 is 2.79 bits per heavy atom. The van der Waals surface area contributed by atoms with Crippen molar-refractivity contribution in [1.82, 2.24) is 19.3 Å². The predicted octanol–water partition coefficient (Wildman–Crippen LogP) is 2.89. The van der Waals surface area contributed by atoms with Crippen LogP contribution < -0.4 is 10.2 Å². The molecule has 3 aromatic heterocycles. The summed E-state index contributed by atoms with van der Waals surface area (Å²) in [5.74, 6) is -0.183. The van der Waals surface area contributed by atoms with E-state index in [2.05, 4.69) is 10.3 Å². The molecule has 0 radical (unpaired) electrons. The Labute approximate surface area is 166 Å². The first-order valence-electron chi connectivity index (χ1n) is 9.05. The van der Waals surface area contributed by atoms with E-state index in [1.807, 2.05) is 66.2 Å². The van der Waals surface area contributed by atoms with E-state index < -0.39 is 0 Å². The number of nitrogens with zero attached hydrogens (tertiary/aromatic N) is 3. The summed E-state index contributed by atoms with van der Waals surface area (Å²) in [5.41, 5.74) is 4.65. The number of aromatic nitrogens is 3. The van der Waals surface area contributed by atoms with Crippen molar-refractivity contribution in [3.05, 3.63) is 81.2 Å². The van der Waals surface area contributed by atoms with Crippen LogP contribution in [0.15, 0.2) is 65.0 Å².